The molecule has 2 heterocycles. The van der Waals surface area contributed by atoms with Crippen LogP contribution in [0.5, 0.6) is 5.75 Å². The maximum atomic E-state index is 12.1. The Labute approximate surface area is 107 Å². The molecule has 2 atom stereocenters. The molecule has 4 nitrogen and oxygen atoms in total. The van der Waals surface area contributed by atoms with Gasteiger partial charge in [-0.05, 0) is 43.1 Å². The number of carbonyl (C=O) groups is 1. The van der Waals surface area contributed by atoms with E-state index in [9.17, 15) is 9.90 Å². The van der Waals surface area contributed by atoms with Gasteiger partial charge in [0.2, 0.25) is 5.91 Å². The number of hydrogen-bond acceptors (Lipinski definition) is 3. The zero-order valence-electron chi connectivity index (χ0n) is 11.0. The fourth-order valence-electron chi connectivity index (χ4n) is 3.14. The third-order valence-electron chi connectivity index (χ3n) is 4.32. The van der Waals surface area contributed by atoms with Crippen molar-refractivity contribution in [2.24, 2.45) is 0 Å². The minimum atomic E-state index is -0.0507. The zero-order valence-corrected chi connectivity index (χ0v) is 11.0. The Morgan fingerprint density at radius 1 is 1.28 bits per heavy atom. The van der Waals surface area contributed by atoms with E-state index in [4.69, 9.17) is 0 Å². The molecule has 18 heavy (non-hydrogen) atoms. The minimum Gasteiger partial charge on any atom is -0.508 e. The van der Waals surface area contributed by atoms with Crippen LogP contribution in [0.2, 0.25) is 0 Å². The van der Waals surface area contributed by atoms with Gasteiger partial charge in [-0.1, -0.05) is 6.07 Å². The summed E-state index contributed by atoms with van der Waals surface area (Å²) < 4.78 is 0. The highest BCUT2D eigenvalue weighted by atomic mass is 16.3. The van der Waals surface area contributed by atoms with Gasteiger partial charge in [0, 0.05) is 13.6 Å². The highest BCUT2D eigenvalue weighted by Crippen LogP contribution is 2.38. The van der Waals surface area contributed by atoms with Crippen LogP contribution in [0.1, 0.15) is 22.7 Å². The number of amides is 1. The van der Waals surface area contributed by atoms with Crippen LogP contribution in [0.4, 0.5) is 0 Å². The monoisotopic (exact) mass is 246 g/mol. The van der Waals surface area contributed by atoms with Crippen LogP contribution in [0.3, 0.4) is 0 Å². The number of carbonyl (C=O) groups excluding carboxylic acids is 1. The highest BCUT2D eigenvalue weighted by Gasteiger charge is 2.42. The van der Waals surface area contributed by atoms with Gasteiger partial charge < -0.3 is 10.0 Å². The molecule has 1 aromatic rings. The molecule has 1 N–H and O–H groups in total. The Morgan fingerprint density at radius 2 is 2.00 bits per heavy atom. The summed E-state index contributed by atoms with van der Waals surface area (Å²) in [6.45, 7) is 2.60. The van der Waals surface area contributed by atoms with Crippen LogP contribution >= 0.6 is 0 Å². The molecule has 0 radical (unpaired) electrons. The predicted octanol–water partition coefficient (Wildman–Crippen LogP) is 1.07. The van der Waals surface area contributed by atoms with E-state index in [0.717, 1.165) is 17.5 Å². The largest absolute Gasteiger partial charge is 0.508 e. The second kappa shape index (κ2) is 3.72. The molecule has 96 valence electrons. The lowest BCUT2D eigenvalue weighted by atomic mass is 9.84. The van der Waals surface area contributed by atoms with Gasteiger partial charge in [0.05, 0.1) is 12.1 Å². The van der Waals surface area contributed by atoms with Gasteiger partial charge in [-0.15, -0.1) is 0 Å². The molecule has 0 unspecified atom stereocenters. The number of aryl methyl sites for hydroxylation is 1. The van der Waals surface area contributed by atoms with Crippen LogP contribution in [0.25, 0.3) is 0 Å². The summed E-state index contributed by atoms with van der Waals surface area (Å²) in [5, 5.41) is 9.88. The second-order valence-corrected chi connectivity index (χ2v) is 5.46. The molecule has 3 rings (SSSR count). The van der Waals surface area contributed by atoms with Crippen molar-refractivity contribution in [1.82, 2.24) is 9.80 Å². The maximum absolute atomic E-state index is 12.1. The summed E-state index contributed by atoms with van der Waals surface area (Å²) >= 11 is 0. The number of phenols is 1. The van der Waals surface area contributed by atoms with Crippen molar-refractivity contribution in [2.45, 2.75) is 25.4 Å². The molecular weight excluding hydrogens is 228 g/mol. The first kappa shape index (κ1) is 11.5. The molecule has 1 saturated heterocycles. The Balaban J connectivity index is 2.13. The smallest absolute Gasteiger partial charge is 0.240 e. The number of nitrogens with zero attached hydrogens (tertiary/aromatic N) is 2. The quantitative estimate of drug-likeness (QED) is 0.744. The van der Waals surface area contributed by atoms with Crippen LogP contribution < -0.4 is 0 Å². The van der Waals surface area contributed by atoms with Crippen LogP contribution in [-0.2, 0) is 11.2 Å². The lowest BCUT2D eigenvalue weighted by Gasteiger charge is -2.47. The van der Waals surface area contributed by atoms with Gasteiger partial charge in [-0.3, -0.25) is 9.69 Å². The topological polar surface area (TPSA) is 43.8 Å². The maximum Gasteiger partial charge on any atom is 0.240 e. The van der Waals surface area contributed by atoms with E-state index in [1.165, 1.54) is 5.56 Å². The number of aromatic hydroxyl groups is 1. The number of phenolic OH excluding ortho intramolecular Hbond substituents is 1. The van der Waals surface area contributed by atoms with Gasteiger partial charge in [0.15, 0.2) is 0 Å². The van der Waals surface area contributed by atoms with Crippen molar-refractivity contribution >= 4 is 5.91 Å². The third-order valence-corrected chi connectivity index (χ3v) is 4.32. The molecule has 1 fully saturated rings. The standard InChI is InChI=1S/C14H18N2O2/c1-8-4-9-5-11-14(18)15(2)7-12(16(11)3)10(9)6-13(8)17/h4,6,11-12,17H,5,7H2,1-3H3/t11-,12-/m0/s1. The number of fused-ring (bicyclic) bond motifs is 4. The normalized spacial score (nSPS) is 27.3. The SMILES string of the molecule is Cc1cc2c(cc1O)[C@@H]1CN(C)C(=O)[C@H](C2)N1C. The lowest BCUT2D eigenvalue weighted by Crippen LogP contribution is -2.58. The van der Waals surface area contributed by atoms with E-state index in [1.807, 2.05) is 33.2 Å². The van der Waals surface area contributed by atoms with Crippen molar-refractivity contribution < 1.29 is 9.90 Å². The second-order valence-electron chi connectivity index (χ2n) is 5.46. The predicted molar refractivity (Wildman–Crippen MR) is 68.5 cm³/mol. The average molecular weight is 246 g/mol. The lowest BCUT2D eigenvalue weighted by molar-refractivity contribution is -0.143. The molecule has 2 aliphatic rings. The summed E-state index contributed by atoms with van der Waals surface area (Å²) in [4.78, 5) is 16.1. The van der Waals surface area contributed by atoms with Crippen molar-refractivity contribution in [3.8, 4) is 5.75 Å². The molecule has 2 bridgehead atoms. The van der Waals surface area contributed by atoms with E-state index in [1.54, 1.807) is 4.90 Å². The van der Waals surface area contributed by atoms with Gasteiger partial charge in [-0.2, -0.15) is 0 Å². The van der Waals surface area contributed by atoms with E-state index in [2.05, 4.69) is 4.90 Å². The fourth-order valence-corrected chi connectivity index (χ4v) is 3.14. The average Bonchev–Trinajstić information content (AvgIpc) is 2.32. The van der Waals surface area contributed by atoms with Crippen molar-refractivity contribution in [3.05, 3.63) is 28.8 Å². The first-order valence-corrected chi connectivity index (χ1v) is 6.28. The van der Waals surface area contributed by atoms with Gasteiger partial charge in [-0.25, -0.2) is 0 Å². The van der Waals surface area contributed by atoms with E-state index >= 15 is 0 Å². The Hall–Kier alpha value is -1.55. The zero-order chi connectivity index (χ0) is 13.0. The molecule has 1 aromatic carbocycles. The number of benzene rings is 1. The first-order valence-electron chi connectivity index (χ1n) is 6.28. The summed E-state index contributed by atoms with van der Waals surface area (Å²) in [6, 6.07) is 4.04. The molecule has 0 spiro atoms. The number of hydrogen-bond donors (Lipinski definition) is 1. The van der Waals surface area contributed by atoms with Gasteiger partial charge in [0.1, 0.15) is 5.75 Å². The molecule has 4 heteroatoms. The summed E-state index contributed by atoms with van der Waals surface area (Å²) in [6.07, 6.45) is 0.743. The number of rotatable bonds is 0. The van der Waals surface area contributed by atoms with Crippen molar-refractivity contribution in [2.75, 3.05) is 20.6 Å². The summed E-state index contributed by atoms with van der Waals surface area (Å²) in [7, 11) is 3.86. The molecule has 0 aromatic heterocycles. The molecule has 0 aliphatic carbocycles. The van der Waals surface area contributed by atoms with Crippen LogP contribution in [0, 0.1) is 6.92 Å². The van der Waals surface area contributed by atoms with Crippen LogP contribution in [-0.4, -0.2) is 47.5 Å². The Kier molecular flexibility index (Phi) is 2.38. The van der Waals surface area contributed by atoms with Gasteiger partial charge in [0.25, 0.3) is 0 Å². The molecule has 1 amide bonds. The van der Waals surface area contributed by atoms with E-state index in [0.29, 0.717) is 12.3 Å². The van der Waals surface area contributed by atoms with E-state index < -0.39 is 0 Å². The first-order chi connectivity index (χ1) is 8.49. The van der Waals surface area contributed by atoms with Crippen molar-refractivity contribution in [1.29, 1.82) is 0 Å². The molecular formula is C14H18N2O2. The van der Waals surface area contributed by atoms with Crippen LogP contribution in [0.15, 0.2) is 12.1 Å². The Morgan fingerprint density at radius 3 is 2.72 bits per heavy atom. The Bertz CT molecular complexity index is 527. The minimum absolute atomic E-state index is 0.0507. The summed E-state index contributed by atoms with van der Waals surface area (Å²) in [5.41, 5.74) is 3.26. The molecule has 2 aliphatic heterocycles. The molecule has 0 saturated carbocycles. The van der Waals surface area contributed by atoms with Crippen molar-refractivity contribution in [3.63, 3.8) is 0 Å². The third kappa shape index (κ3) is 1.45. The summed E-state index contributed by atoms with van der Waals surface area (Å²) in [5.74, 6) is 0.547. The van der Waals surface area contributed by atoms with E-state index in [-0.39, 0.29) is 18.0 Å². The fraction of sp³-hybridized carbons (Fsp3) is 0.500. The highest BCUT2D eigenvalue weighted by molar-refractivity contribution is 5.83. The van der Waals surface area contributed by atoms with Gasteiger partial charge >= 0.3 is 0 Å². The number of likely N-dealkylation sites (N-methyl/N-ethyl adjacent to an activating group) is 2. The number of piperazine rings is 1.